The predicted octanol–water partition coefficient (Wildman–Crippen LogP) is 4.70. The van der Waals surface area contributed by atoms with Crippen LogP contribution in [0.2, 0.25) is 0 Å². The summed E-state index contributed by atoms with van der Waals surface area (Å²) in [5.74, 6) is -0.757. The molecular formula is C13H9F6N3OS2. The van der Waals surface area contributed by atoms with Crippen molar-refractivity contribution in [3.05, 3.63) is 34.8 Å². The third-order valence-electron chi connectivity index (χ3n) is 2.84. The topological polar surface area (TPSA) is 54.9 Å². The molecule has 2 aromatic rings. The van der Waals surface area contributed by atoms with Crippen molar-refractivity contribution in [2.24, 2.45) is 0 Å². The normalized spacial score (nSPS) is 13.6. The Labute approximate surface area is 145 Å². The molecule has 0 spiro atoms. The molecule has 1 amide bonds. The number of hydrogen-bond donors (Lipinski definition) is 1. The number of rotatable bonds is 4. The molecule has 1 N–H and O–H groups in total. The molecule has 0 aliphatic carbocycles. The van der Waals surface area contributed by atoms with Crippen LogP contribution in [0.4, 0.5) is 32.0 Å². The zero-order valence-corrected chi connectivity index (χ0v) is 13.9. The number of aromatic nitrogens is 2. The van der Waals surface area contributed by atoms with E-state index < -0.39 is 40.3 Å². The van der Waals surface area contributed by atoms with Gasteiger partial charge < -0.3 is 5.32 Å². The van der Waals surface area contributed by atoms with Gasteiger partial charge >= 0.3 is 12.4 Å². The van der Waals surface area contributed by atoms with Gasteiger partial charge in [0.25, 0.3) is 0 Å². The van der Waals surface area contributed by atoms with Crippen LogP contribution < -0.4 is 5.32 Å². The summed E-state index contributed by atoms with van der Waals surface area (Å²) in [6.45, 7) is 1.44. The van der Waals surface area contributed by atoms with Gasteiger partial charge in [0.15, 0.2) is 4.34 Å². The zero-order valence-electron chi connectivity index (χ0n) is 12.3. The van der Waals surface area contributed by atoms with Crippen molar-refractivity contribution in [1.82, 2.24) is 10.2 Å². The minimum absolute atomic E-state index is 0.00489. The first-order valence-corrected chi connectivity index (χ1v) is 8.26. The Morgan fingerprint density at radius 3 is 2.12 bits per heavy atom. The molecule has 25 heavy (non-hydrogen) atoms. The molecule has 1 aromatic carbocycles. The fourth-order valence-corrected chi connectivity index (χ4v) is 3.32. The van der Waals surface area contributed by atoms with Crippen molar-refractivity contribution in [2.45, 2.75) is 28.9 Å². The van der Waals surface area contributed by atoms with Crippen LogP contribution in [0.15, 0.2) is 28.0 Å². The quantitative estimate of drug-likeness (QED) is 0.596. The summed E-state index contributed by atoms with van der Waals surface area (Å²) in [6, 6.07) is 0.903. The monoisotopic (exact) mass is 401 g/mol. The number of halogens is 6. The lowest BCUT2D eigenvalue weighted by atomic mass is 10.1. The summed E-state index contributed by atoms with van der Waals surface area (Å²) >= 11 is 2.14. The second kappa shape index (κ2) is 7.20. The Morgan fingerprint density at radius 2 is 1.68 bits per heavy atom. The fourth-order valence-electron chi connectivity index (χ4n) is 1.69. The van der Waals surface area contributed by atoms with Gasteiger partial charge in [-0.2, -0.15) is 26.3 Å². The number of carbonyl (C=O) groups is 1. The van der Waals surface area contributed by atoms with Crippen LogP contribution in [0, 0.1) is 0 Å². The van der Waals surface area contributed by atoms with Gasteiger partial charge in [-0.25, -0.2) is 0 Å². The molecule has 4 nitrogen and oxygen atoms in total. The molecule has 2 rings (SSSR count). The molecule has 1 atom stereocenters. The van der Waals surface area contributed by atoms with Gasteiger partial charge in [0.2, 0.25) is 5.91 Å². The molecule has 0 saturated carbocycles. The van der Waals surface area contributed by atoms with Crippen LogP contribution in [-0.2, 0) is 17.1 Å². The third kappa shape index (κ3) is 5.33. The average Bonchev–Trinajstić information content (AvgIpc) is 2.98. The molecule has 0 fully saturated rings. The highest BCUT2D eigenvalue weighted by molar-refractivity contribution is 8.02. The Bertz CT molecular complexity index is 713. The molecule has 0 radical (unpaired) electrons. The summed E-state index contributed by atoms with van der Waals surface area (Å²) in [5, 5.41) is 8.54. The van der Waals surface area contributed by atoms with Gasteiger partial charge in [0, 0.05) is 5.69 Å². The van der Waals surface area contributed by atoms with E-state index in [0.29, 0.717) is 16.5 Å². The number of alkyl halides is 6. The van der Waals surface area contributed by atoms with Crippen molar-refractivity contribution in [2.75, 3.05) is 5.32 Å². The SMILES string of the molecule is C[C@@H](Sc1nncs1)C(=O)Nc1cc(C(F)(F)F)cc(C(F)(F)F)c1. The van der Waals surface area contributed by atoms with E-state index in [1.54, 1.807) is 0 Å². The van der Waals surface area contributed by atoms with Gasteiger partial charge in [-0.1, -0.05) is 23.1 Å². The van der Waals surface area contributed by atoms with E-state index in [1.165, 1.54) is 12.4 Å². The van der Waals surface area contributed by atoms with Gasteiger partial charge in [-0.05, 0) is 25.1 Å². The largest absolute Gasteiger partial charge is 0.416 e. The summed E-state index contributed by atoms with van der Waals surface area (Å²) in [7, 11) is 0. The smallest absolute Gasteiger partial charge is 0.325 e. The highest BCUT2D eigenvalue weighted by Gasteiger charge is 2.37. The maximum atomic E-state index is 12.8. The molecule has 0 saturated heterocycles. The number of carbonyl (C=O) groups excluding carboxylic acids is 1. The Balaban J connectivity index is 2.24. The lowest BCUT2D eigenvalue weighted by Gasteiger charge is -2.16. The highest BCUT2D eigenvalue weighted by atomic mass is 32.2. The van der Waals surface area contributed by atoms with Crippen molar-refractivity contribution in [3.63, 3.8) is 0 Å². The van der Waals surface area contributed by atoms with E-state index in [1.807, 2.05) is 0 Å². The van der Waals surface area contributed by atoms with Gasteiger partial charge in [-0.3, -0.25) is 4.79 Å². The van der Waals surface area contributed by atoms with Crippen LogP contribution in [-0.4, -0.2) is 21.4 Å². The first-order valence-electron chi connectivity index (χ1n) is 6.50. The molecule has 1 aromatic heterocycles. The number of nitrogens with one attached hydrogen (secondary N) is 1. The van der Waals surface area contributed by atoms with E-state index in [0.717, 1.165) is 23.1 Å². The van der Waals surface area contributed by atoms with Crippen LogP contribution >= 0.6 is 23.1 Å². The minimum atomic E-state index is -4.98. The van der Waals surface area contributed by atoms with Crippen LogP contribution in [0.1, 0.15) is 18.1 Å². The molecule has 1 heterocycles. The number of amides is 1. The average molecular weight is 401 g/mol. The van der Waals surface area contributed by atoms with Gasteiger partial charge in [0.05, 0.1) is 16.4 Å². The maximum Gasteiger partial charge on any atom is 0.416 e. The summed E-state index contributed by atoms with van der Waals surface area (Å²) in [6.07, 6.45) is -9.96. The summed E-state index contributed by atoms with van der Waals surface area (Å²) in [4.78, 5) is 12.0. The van der Waals surface area contributed by atoms with Crippen molar-refractivity contribution < 1.29 is 31.1 Å². The molecule has 12 heteroatoms. The number of anilines is 1. The zero-order chi connectivity index (χ0) is 18.8. The second-order valence-corrected chi connectivity index (χ2v) is 7.17. The van der Waals surface area contributed by atoms with Gasteiger partial charge in [-0.15, -0.1) is 10.2 Å². The molecular weight excluding hydrogens is 392 g/mol. The predicted molar refractivity (Wildman–Crippen MR) is 80.3 cm³/mol. The first kappa shape index (κ1) is 19.5. The number of thioether (sulfide) groups is 1. The second-order valence-electron chi connectivity index (χ2n) is 4.75. The number of nitrogens with zero attached hydrogens (tertiary/aromatic N) is 2. The van der Waals surface area contributed by atoms with Gasteiger partial charge in [0.1, 0.15) is 5.51 Å². The number of benzene rings is 1. The van der Waals surface area contributed by atoms with E-state index in [2.05, 4.69) is 15.5 Å². The molecule has 0 bridgehead atoms. The van der Waals surface area contributed by atoms with Crippen LogP contribution in [0.5, 0.6) is 0 Å². The molecule has 0 aliphatic heterocycles. The van der Waals surface area contributed by atoms with Crippen LogP contribution in [0.25, 0.3) is 0 Å². The minimum Gasteiger partial charge on any atom is -0.325 e. The molecule has 0 unspecified atom stereocenters. The first-order chi connectivity index (χ1) is 11.5. The Hall–Kier alpha value is -1.82. The van der Waals surface area contributed by atoms with Crippen molar-refractivity contribution in [3.8, 4) is 0 Å². The lowest BCUT2D eigenvalue weighted by molar-refractivity contribution is -0.143. The number of hydrogen-bond acceptors (Lipinski definition) is 5. The van der Waals surface area contributed by atoms with Crippen molar-refractivity contribution >= 4 is 34.7 Å². The Morgan fingerprint density at radius 1 is 1.12 bits per heavy atom. The van der Waals surface area contributed by atoms with E-state index >= 15 is 0 Å². The summed E-state index contributed by atoms with van der Waals surface area (Å²) in [5.41, 5.74) is -2.16. The van der Waals surface area contributed by atoms with Crippen LogP contribution in [0.3, 0.4) is 0 Å². The third-order valence-corrected chi connectivity index (χ3v) is 4.75. The van der Waals surface area contributed by atoms with E-state index in [4.69, 9.17) is 0 Å². The molecule has 136 valence electrons. The maximum absolute atomic E-state index is 12.8. The fraction of sp³-hybridized carbons (Fsp3) is 0.308. The standard InChI is InChI=1S/C13H9F6N3OS2/c1-6(25-11-22-20-5-24-11)10(23)21-9-3-7(12(14,15)16)2-8(4-9)13(17,18)19/h2-6H,1H3,(H,21,23)/t6-/m1/s1. The summed E-state index contributed by atoms with van der Waals surface area (Å²) < 4.78 is 77.2. The van der Waals surface area contributed by atoms with E-state index in [9.17, 15) is 31.1 Å². The Kier molecular flexibility index (Phi) is 5.62. The lowest BCUT2D eigenvalue weighted by Crippen LogP contribution is -2.23. The highest BCUT2D eigenvalue weighted by Crippen LogP contribution is 2.37. The molecule has 0 aliphatic rings. The van der Waals surface area contributed by atoms with E-state index in [-0.39, 0.29) is 6.07 Å². The van der Waals surface area contributed by atoms with Crippen molar-refractivity contribution in [1.29, 1.82) is 0 Å².